The molecule has 0 aliphatic carbocycles. The van der Waals surface area contributed by atoms with E-state index in [4.69, 9.17) is 11.6 Å². The Morgan fingerprint density at radius 2 is 1.79 bits per heavy atom. The fourth-order valence-corrected chi connectivity index (χ4v) is 2.00. The van der Waals surface area contributed by atoms with Crippen LogP contribution in [0.5, 0.6) is 0 Å². The van der Waals surface area contributed by atoms with E-state index >= 15 is 0 Å². The van der Waals surface area contributed by atoms with Crippen molar-refractivity contribution in [2.75, 3.05) is 10.6 Å². The maximum atomic E-state index is 13.5. The Morgan fingerprint density at radius 1 is 1.11 bits per heavy atom. The van der Waals surface area contributed by atoms with Crippen molar-refractivity contribution in [2.45, 2.75) is 0 Å². The summed E-state index contributed by atoms with van der Waals surface area (Å²) in [7, 11) is 0. The number of para-hydroxylation sites is 1. The number of carbonyl (C=O) groups excluding carboxylic acids is 1. The highest BCUT2D eigenvalue weighted by molar-refractivity contribution is 14.1. The van der Waals surface area contributed by atoms with Gasteiger partial charge in [0, 0.05) is 9.26 Å². The summed E-state index contributed by atoms with van der Waals surface area (Å²) in [6.45, 7) is 0. The molecule has 2 rings (SSSR count). The predicted octanol–water partition coefficient (Wildman–Crippen LogP) is 4.73. The minimum absolute atomic E-state index is 0.0350. The maximum Gasteiger partial charge on any atom is 0.323 e. The summed E-state index contributed by atoms with van der Waals surface area (Å²) < 4.78 is 14.5. The van der Waals surface area contributed by atoms with Gasteiger partial charge in [-0.05, 0) is 59.0 Å². The number of anilines is 2. The van der Waals surface area contributed by atoms with Gasteiger partial charge in [0.15, 0.2) is 0 Å². The van der Waals surface area contributed by atoms with Crippen molar-refractivity contribution >= 4 is 51.6 Å². The second-order valence-electron chi connectivity index (χ2n) is 3.68. The number of carbonyl (C=O) groups is 1. The van der Waals surface area contributed by atoms with Crippen LogP contribution in [-0.4, -0.2) is 6.03 Å². The molecule has 0 aliphatic rings. The molecule has 6 heteroatoms. The van der Waals surface area contributed by atoms with E-state index in [1.807, 2.05) is 12.1 Å². The van der Waals surface area contributed by atoms with E-state index in [1.165, 1.54) is 18.2 Å². The number of hydrogen-bond acceptors (Lipinski definition) is 1. The first-order valence-corrected chi connectivity index (χ1v) is 6.79. The van der Waals surface area contributed by atoms with E-state index in [-0.39, 0.29) is 10.7 Å². The van der Waals surface area contributed by atoms with Gasteiger partial charge in [0.1, 0.15) is 5.82 Å². The summed E-state index contributed by atoms with van der Waals surface area (Å²) in [5.41, 5.74) is 0.581. The highest BCUT2D eigenvalue weighted by Crippen LogP contribution is 2.24. The fourth-order valence-electron chi connectivity index (χ4n) is 1.43. The van der Waals surface area contributed by atoms with Gasteiger partial charge < -0.3 is 10.6 Å². The molecular formula is C13H9ClFIN2O. The van der Waals surface area contributed by atoms with Gasteiger partial charge in [0.2, 0.25) is 0 Å². The van der Waals surface area contributed by atoms with Crippen molar-refractivity contribution in [3.8, 4) is 0 Å². The molecule has 2 N–H and O–H groups in total. The van der Waals surface area contributed by atoms with Crippen molar-refractivity contribution in [3.63, 3.8) is 0 Å². The van der Waals surface area contributed by atoms with Gasteiger partial charge in [-0.15, -0.1) is 0 Å². The zero-order valence-corrected chi connectivity index (χ0v) is 12.5. The van der Waals surface area contributed by atoms with E-state index in [0.717, 1.165) is 3.57 Å². The molecule has 0 atom stereocenters. The zero-order valence-electron chi connectivity index (χ0n) is 9.58. The van der Waals surface area contributed by atoms with Gasteiger partial charge in [-0.2, -0.15) is 0 Å². The lowest BCUT2D eigenvalue weighted by Crippen LogP contribution is -2.20. The molecule has 0 unspecified atom stereocenters. The summed E-state index contributed by atoms with van der Waals surface area (Å²) in [4.78, 5) is 11.7. The Balaban J connectivity index is 2.07. The SMILES string of the molecule is O=C(Nc1ccc(I)cc1)Nc1c(F)cccc1Cl. The summed E-state index contributed by atoms with van der Waals surface area (Å²) in [5.74, 6) is -0.578. The molecule has 0 saturated carbocycles. The Hall–Kier alpha value is -1.34. The Bertz CT molecular complexity index is 584. The lowest BCUT2D eigenvalue weighted by Gasteiger charge is -2.09. The fraction of sp³-hybridized carbons (Fsp3) is 0. The number of urea groups is 1. The average Bonchev–Trinajstić information content (AvgIpc) is 2.37. The summed E-state index contributed by atoms with van der Waals surface area (Å²) in [5, 5.41) is 5.13. The molecule has 0 heterocycles. The minimum Gasteiger partial charge on any atom is -0.308 e. The van der Waals surface area contributed by atoms with E-state index in [0.29, 0.717) is 5.69 Å². The van der Waals surface area contributed by atoms with Crippen LogP contribution >= 0.6 is 34.2 Å². The van der Waals surface area contributed by atoms with Gasteiger partial charge in [0.05, 0.1) is 10.7 Å². The summed E-state index contributed by atoms with van der Waals surface area (Å²) in [6.07, 6.45) is 0. The van der Waals surface area contributed by atoms with Gasteiger partial charge in [-0.3, -0.25) is 0 Å². The first kappa shape index (κ1) is 14.1. The van der Waals surface area contributed by atoms with Crippen LogP contribution in [0.15, 0.2) is 42.5 Å². The van der Waals surface area contributed by atoms with E-state index in [2.05, 4.69) is 33.2 Å². The number of benzene rings is 2. The smallest absolute Gasteiger partial charge is 0.308 e. The van der Waals surface area contributed by atoms with Gasteiger partial charge in [0.25, 0.3) is 0 Å². The van der Waals surface area contributed by atoms with E-state index in [9.17, 15) is 9.18 Å². The molecule has 2 aromatic carbocycles. The molecule has 0 spiro atoms. The van der Waals surface area contributed by atoms with Crippen LogP contribution in [0.2, 0.25) is 5.02 Å². The highest BCUT2D eigenvalue weighted by atomic mass is 127. The third-order valence-electron chi connectivity index (χ3n) is 2.30. The normalized spacial score (nSPS) is 10.1. The molecule has 0 radical (unpaired) electrons. The second kappa shape index (κ2) is 6.21. The highest BCUT2D eigenvalue weighted by Gasteiger charge is 2.10. The molecule has 0 saturated heterocycles. The van der Waals surface area contributed by atoms with Gasteiger partial charge >= 0.3 is 6.03 Å². The molecule has 3 nitrogen and oxygen atoms in total. The average molecular weight is 391 g/mol. The van der Waals surface area contributed by atoms with Crippen LogP contribution in [0, 0.1) is 9.39 Å². The van der Waals surface area contributed by atoms with E-state index < -0.39 is 11.8 Å². The zero-order chi connectivity index (χ0) is 13.8. The Kier molecular flexibility index (Phi) is 4.60. The lowest BCUT2D eigenvalue weighted by atomic mass is 10.3. The molecular weight excluding hydrogens is 382 g/mol. The van der Waals surface area contributed by atoms with Crippen molar-refractivity contribution in [3.05, 3.63) is 56.9 Å². The van der Waals surface area contributed by atoms with Gasteiger partial charge in [-0.1, -0.05) is 17.7 Å². The van der Waals surface area contributed by atoms with Crippen LogP contribution < -0.4 is 10.6 Å². The van der Waals surface area contributed by atoms with E-state index in [1.54, 1.807) is 12.1 Å². The van der Waals surface area contributed by atoms with Crippen LogP contribution in [0.25, 0.3) is 0 Å². The van der Waals surface area contributed by atoms with Crippen LogP contribution in [-0.2, 0) is 0 Å². The second-order valence-corrected chi connectivity index (χ2v) is 5.34. The first-order chi connectivity index (χ1) is 9.06. The number of halogens is 3. The third-order valence-corrected chi connectivity index (χ3v) is 3.34. The van der Waals surface area contributed by atoms with Crippen molar-refractivity contribution in [2.24, 2.45) is 0 Å². The summed E-state index contributed by atoms with van der Waals surface area (Å²) in [6, 6.07) is 10.9. The molecule has 98 valence electrons. The van der Waals surface area contributed by atoms with Crippen molar-refractivity contribution in [1.82, 2.24) is 0 Å². The number of amides is 2. The van der Waals surface area contributed by atoms with Crippen LogP contribution in [0.3, 0.4) is 0 Å². The molecule has 0 bridgehead atoms. The molecule has 0 aliphatic heterocycles. The lowest BCUT2D eigenvalue weighted by molar-refractivity contribution is 0.262. The Morgan fingerprint density at radius 3 is 2.42 bits per heavy atom. The quantitative estimate of drug-likeness (QED) is 0.715. The number of nitrogens with one attached hydrogen (secondary N) is 2. The largest absolute Gasteiger partial charge is 0.323 e. The maximum absolute atomic E-state index is 13.5. The molecule has 19 heavy (non-hydrogen) atoms. The number of hydrogen-bond donors (Lipinski definition) is 2. The first-order valence-electron chi connectivity index (χ1n) is 5.34. The monoisotopic (exact) mass is 390 g/mol. The standard InChI is InChI=1S/C13H9ClFIN2O/c14-10-2-1-3-11(15)12(10)18-13(19)17-9-6-4-8(16)5-7-9/h1-7H,(H2,17,18,19). The van der Waals surface area contributed by atoms with Gasteiger partial charge in [-0.25, -0.2) is 9.18 Å². The molecule has 0 aromatic heterocycles. The predicted molar refractivity (Wildman–Crippen MR) is 83.2 cm³/mol. The third kappa shape index (κ3) is 3.81. The molecule has 2 amide bonds. The van der Waals surface area contributed by atoms with Crippen LogP contribution in [0.1, 0.15) is 0 Å². The number of rotatable bonds is 2. The molecule has 2 aromatic rings. The van der Waals surface area contributed by atoms with Crippen LogP contribution in [0.4, 0.5) is 20.6 Å². The minimum atomic E-state index is -0.578. The topological polar surface area (TPSA) is 41.1 Å². The van der Waals surface area contributed by atoms with Crippen molar-refractivity contribution in [1.29, 1.82) is 0 Å². The Labute approximate surface area is 128 Å². The summed E-state index contributed by atoms with van der Waals surface area (Å²) >= 11 is 7.98. The van der Waals surface area contributed by atoms with Crippen molar-refractivity contribution < 1.29 is 9.18 Å². The molecule has 0 fully saturated rings.